The van der Waals surface area contributed by atoms with Crippen molar-refractivity contribution in [1.29, 1.82) is 0 Å². The van der Waals surface area contributed by atoms with Gasteiger partial charge in [-0.3, -0.25) is 9.59 Å². The highest BCUT2D eigenvalue weighted by Crippen LogP contribution is 2.20. The van der Waals surface area contributed by atoms with Crippen molar-refractivity contribution in [2.45, 2.75) is 52.1 Å². The van der Waals surface area contributed by atoms with E-state index in [4.69, 9.17) is 4.74 Å². The maximum atomic E-state index is 12.1. The van der Waals surface area contributed by atoms with Crippen molar-refractivity contribution in [1.82, 2.24) is 10.2 Å². The molecule has 0 bridgehead atoms. The number of rotatable bonds is 7. The van der Waals surface area contributed by atoms with Crippen LogP contribution in [0.3, 0.4) is 0 Å². The largest absolute Gasteiger partial charge is 0.383 e. The SMILES string of the molecule is CCC[C@@H](C)NC(=O)[C@@H]1CC(=O)N([C@@H](C)COC)C1. The molecule has 0 aromatic heterocycles. The van der Waals surface area contributed by atoms with Crippen LogP contribution < -0.4 is 5.32 Å². The monoisotopic (exact) mass is 270 g/mol. The summed E-state index contributed by atoms with van der Waals surface area (Å²) in [5, 5.41) is 2.99. The third-order valence-electron chi connectivity index (χ3n) is 3.58. The molecule has 1 rings (SSSR count). The molecule has 0 spiro atoms. The van der Waals surface area contributed by atoms with E-state index >= 15 is 0 Å². The molecule has 1 heterocycles. The van der Waals surface area contributed by atoms with Crippen LogP contribution in [-0.4, -0.2) is 49.1 Å². The Morgan fingerprint density at radius 3 is 2.79 bits per heavy atom. The minimum absolute atomic E-state index is 0.00131. The summed E-state index contributed by atoms with van der Waals surface area (Å²) in [4.78, 5) is 25.7. The molecule has 2 amide bonds. The molecule has 1 saturated heterocycles. The molecule has 1 N–H and O–H groups in total. The Morgan fingerprint density at radius 2 is 2.21 bits per heavy atom. The average Bonchev–Trinajstić information content (AvgIpc) is 2.72. The van der Waals surface area contributed by atoms with Gasteiger partial charge in [-0.05, 0) is 20.3 Å². The first-order valence-electron chi connectivity index (χ1n) is 7.08. The number of ether oxygens (including phenoxy) is 1. The second-order valence-corrected chi connectivity index (χ2v) is 5.45. The molecular weight excluding hydrogens is 244 g/mol. The highest BCUT2D eigenvalue weighted by Gasteiger charge is 2.36. The Balaban J connectivity index is 2.49. The van der Waals surface area contributed by atoms with Crippen LogP contribution in [0.15, 0.2) is 0 Å². The van der Waals surface area contributed by atoms with E-state index in [-0.39, 0.29) is 29.8 Å². The zero-order chi connectivity index (χ0) is 14.4. The predicted molar refractivity (Wildman–Crippen MR) is 73.7 cm³/mol. The zero-order valence-electron chi connectivity index (χ0n) is 12.4. The van der Waals surface area contributed by atoms with E-state index in [1.807, 2.05) is 13.8 Å². The molecule has 0 saturated carbocycles. The number of carbonyl (C=O) groups is 2. The predicted octanol–water partition coefficient (Wildman–Crippen LogP) is 1.17. The summed E-state index contributed by atoms with van der Waals surface area (Å²) in [6.45, 7) is 7.06. The van der Waals surface area contributed by atoms with Gasteiger partial charge in [0.2, 0.25) is 11.8 Å². The molecule has 0 radical (unpaired) electrons. The Hall–Kier alpha value is -1.10. The van der Waals surface area contributed by atoms with Crippen molar-refractivity contribution < 1.29 is 14.3 Å². The molecule has 0 aliphatic carbocycles. The van der Waals surface area contributed by atoms with Gasteiger partial charge in [0.15, 0.2) is 0 Å². The standard InChI is InChI=1S/C14H26N2O3/c1-5-6-10(2)15-14(18)12-7-13(17)16(8-12)11(3)9-19-4/h10-12H,5-9H2,1-4H3,(H,15,18)/t10-,11+,12-/m1/s1. The van der Waals surface area contributed by atoms with Crippen molar-refractivity contribution >= 4 is 11.8 Å². The molecule has 0 unspecified atom stereocenters. The fourth-order valence-electron chi connectivity index (χ4n) is 2.53. The Bertz CT molecular complexity index is 320. The van der Waals surface area contributed by atoms with Crippen LogP contribution in [0.25, 0.3) is 0 Å². The second kappa shape index (κ2) is 7.48. The number of nitrogens with one attached hydrogen (secondary N) is 1. The first-order chi connectivity index (χ1) is 8.99. The first-order valence-corrected chi connectivity index (χ1v) is 7.08. The van der Waals surface area contributed by atoms with Crippen LogP contribution in [0, 0.1) is 5.92 Å². The van der Waals surface area contributed by atoms with Gasteiger partial charge < -0.3 is 15.0 Å². The number of amides is 2. The second-order valence-electron chi connectivity index (χ2n) is 5.45. The normalized spacial score (nSPS) is 22.4. The summed E-state index contributed by atoms with van der Waals surface area (Å²) in [6.07, 6.45) is 2.33. The summed E-state index contributed by atoms with van der Waals surface area (Å²) >= 11 is 0. The molecule has 5 nitrogen and oxygen atoms in total. The summed E-state index contributed by atoms with van der Waals surface area (Å²) in [5.74, 6) is -0.166. The molecule has 1 aliphatic rings. The van der Waals surface area contributed by atoms with Gasteiger partial charge in [0.25, 0.3) is 0 Å². The third kappa shape index (κ3) is 4.49. The van der Waals surface area contributed by atoms with E-state index in [0.717, 1.165) is 12.8 Å². The van der Waals surface area contributed by atoms with Crippen LogP contribution in [-0.2, 0) is 14.3 Å². The lowest BCUT2D eigenvalue weighted by molar-refractivity contribution is -0.130. The zero-order valence-corrected chi connectivity index (χ0v) is 12.4. The van der Waals surface area contributed by atoms with Gasteiger partial charge in [-0.25, -0.2) is 0 Å². The summed E-state index contributed by atoms with van der Waals surface area (Å²) in [6, 6.07) is 0.210. The topological polar surface area (TPSA) is 58.6 Å². The van der Waals surface area contributed by atoms with Gasteiger partial charge in [-0.1, -0.05) is 13.3 Å². The highest BCUT2D eigenvalue weighted by atomic mass is 16.5. The third-order valence-corrected chi connectivity index (χ3v) is 3.58. The molecule has 1 fully saturated rings. The van der Waals surface area contributed by atoms with Gasteiger partial charge in [0.05, 0.1) is 18.6 Å². The fraction of sp³-hybridized carbons (Fsp3) is 0.857. The minimum Gasteiger partial charge on any atom is -0.383 e. The number of carbonyl (C=O) groups excluding carboxylic acids is 2. The highest BCUT2D eigenvalue weighted by molar-refractivity contribution is 5.89. The summed E-state index contributed by atoms with van der Waals surface area (Å²) in [5.41, 5.74) is 0. The summed E-state index contributed by atoms with van der Waals surface area (Å²) in [7, 11) is 1.62. The van der Waals surface area contributed by atoms with E-state index in [1.165, 1.54) is 0 Å². The maximum Gasteiger partial charge on any atom is 0.225 e. The van der Waals surface area contributed by atoms with Crippen molar-refractivity contribution in [2.24, 2.45) is 5.92 Å². The fourth-order valence-corrected chi connectivity index (χ4v) is 2.53. The van der Waals surface area contributed by atoms with Crippen LogP contribution >= 0.6 is 0 Å². The Labute approximate surface area is 115 Å². The minimum atomic E-state index is -0.217. The van der Waals surface area contributed by atoms with Crippen molar-refractivity contribution in [3.05, 3.63) is 0 Å². The van der Waals surface area contributed by atoms with Crippen molar-refractivity contribution in [2.75, 3.05) is 20.3 Å². The number of nitrogens with zero attached hydrogens (tertiary/aromatic N) is 1. The van der Waals surface area contributed by atoms with E-state index < -0.39 is 0 Å². The average molecular weight is 270 g/mol. The van der Waals surface area contributed by atoms with Crippen LogP contribution in [0.2, 0.25) is 0 Å². The molecule has 3 atom stereocenters. The number of hydrogen-bond acceptors (Lipinski definition) is 3. The van der Waals surface area contributed by atoms with Gasteiger partial charge >= 0.3 is 0 Å². The van der Waals surface area contributed by atoms with Crippen LogP contribution in [0.1, 0.15) is 40.0 Å². The molecule has 19 heavy (non-hydrogen) atoms. The van der Waals surface area contributed by atoms with Crippen LogP contribution in [0.5, 0.6) is 0 Å². The van der Waals surface area contributed by atoms with E-state index in [2.05, 4.69) is 12.2 Å². The van der Waals surface area contributed by atoms with E-state index in [0.29, 0.717) is 19.6 Å². The van der Waals surface area contributed by atoms with Crippen molar-refractivity contribution in [3.63, 3.8) is 0 Å². The number of hydrogen-bond donors (Lipinski definition) is 1. The van der Waals surface area contributed by atoms with Crippen LogP contribution in [0.4, 0.5) is 0 Å². The molecular formula is C14H26N2O3. The number of likely N-dealkylation sites (tertiary alicyclic amines) is 1. The van der Waals surface area contributed by atoms with Gasteiger partial charge in [-0.15, -0.1) is 0 Å². The Kier molecular flexibility index (Phi) is 6.28. The Morgan fingerprint density at radius 1 is 1.53 bits per heavy atom. The lowest BCUT2D eigenvalue weighted by Gasteiger charge is -2.24. The maximum absolute atomic E-state index is 12.1. The van der Waals surface area contributed by atoms with Gasteiger partial charge in [-0.2, -0.15) is 0 Å². The van der Waals surface area contributed by atoms with Crippen molar-refractivity contribution in [3.8, 4) is 0 Å². The van der Waals surface area contributed by atoms with Gasteiger partial charge in [0, 0.05) is 26.1 Å². The molecule has 5 heteroatoms. The quantitative estimate of drug-likeness (QED) is 0.755. The molecule has 0 aromatic rings. The van der Waals surface area contributed by atoms with Gasteiger partial charge in [0.1, 0.15) is 0 Å². The lowest BCUT2D eigenvalue weighted by Crippen LogP contribution is -2.40. The lowest BCUT2D eigenvalue weighted by atomic mass is 10.1. The first kappa shape index (κ1) is 16.0. The van der Waals surface area contributed by atoms with E-state index in [1.54, 1.807) is 12.0 Å². The smallest absolute Gasteiger partial charge is 0.225 e. The molecule has 0 aromatic carbocycles. The number of methoxy groups -OCH3 is 1. The molecule has 1 aliphatic heterocycles. The molecule has 110 valence electrons. The van der Waals surface area contributed by atoms with E-state index in [9.17, 15) is 9.59 Å². The summed E-state index contributed by atoms with van der Waals surface area (Å²) < 4.78 is 5.06.